The zero-order valence-corrected chi connectivity index (χ0v) is 16.5. The van der Waals surface area contributed by atoms with E-state index in [1.807, 2.05) is 19.3 Å². The Kier molecular flexibility index (Phi) is 5.01. The Morgan fingerprint density at radius 1 is 1.14 bits per heavy atom. The Labute approximate surface area is 164 Å². The fraction of sp³-hybridized carbons (Fsp3) is 0.450. The first kappa shape index (κ1) is 19.1. The summed E-state index contributed by atoms with van der Waals surface area (Å²) in [4.78, 5) is 12.6. The zero-order chi connectivity index (χ0) is 19.9. The molecule has 1 saturated heterocycles. The number of piperidine rings is 1. The van der Waals surface area contributed by atoms with Crippen LogP contribution in [0.4, 0.5) is 4.39 Å². The van der Waals surface area contributed by atoms with E-state index >= 15 is 0 Å². The average Bonchev–Trinajstić information content (AvgIpc) is 3.16. The van der Waals surface area contributed by atoms with Gasteiger partial charge < -0.3 is 9.88 Å². The largest absolute Gasteiger partial charge is 0.347 e. The highest BCUT2D eigenvalue weighted by molar-refractivity contribution is 7.88. The molecule has 1 aromatic carbocycles. The minimum Gasteiger partial charge on any atom is -0.347 e. The molecule has 1 aliphatic heterocycles. The SMILES string of the molecule is Cn1cccc1C(=O)NC1[C@@H]2CC[C@H]1CN(S(=O)(=O)Cc1ccc(F)cc1)C2. The van der Waals surface area contributed by atoms with Crippen LogP contribution in [0.1, 0.15) is 28.9 Å². The number of carbonyl (C=O) groups is 1. The summed E-state index contributed by atoms with van der Waals surface area (Å²) >= 11 is 0. The number of hydrogen-bond acceptors (Lipinski definition) is 3. The maximum Gasteiger partial charge on any atom is 0.268 e. The summed E-state index contributed by atoms with van der Waals surface area (Å²) in [6.07, 6.45) is 3.64. The van der Waals surface area contributed by atoms with Crippen molar-refractivity contribution in [1.29, 1.82) is 0 Å². The molecular weight excluding hydrogens is 381 g/mol. The van der Waals surface area contributed by atoms with E-state index in [1.54, 1.807) is 14.9 Å². The van der Waals surface area contributed by atoms with Crippen molar-refractivity contribution in [2.24, 2.45) is 18.9 Å². The second-order valence-electron chi connectivity index (χ2n) is 7.80. The Hall–Kier alpha value is -2.19. The van der Waals surface area contributed by atoms with Crippen LogP contribution in [0.3, 0.4) is 0 Å². The third-order valence-corrected chi connectivity index (χ3v) is 7.71. The molecule has 1 aliphatic carbocycles. The molecular formula is C20H24FN3O3S. The standard InChI is InChI=1S/C20H24FN3O3S/c1-23-10-2-3-18(23)20(25)22-19-15-6-7-16(19)12-24(11-15)28(26,27)13-14-4-8-17(21)9-5-14/h2-5,8-10,15-16,19H,6-7,11-13H2,1H3,(H,22,25)/t15-,16+,19?. The third-order valence-electron chi connectivity index (χ3n) is 5.93. The molecule has 2 aromatic rings. The first-order valence-corrected chi connectivity index (χ1v) is 11.1. The molecule has 0 spiro atoms. The van der Waals surface area contributed by atoms with E-state index in [2.05, 4.69) is 5.32 Å². The van der Waals surface area contributed by atoms with E-state index in [0.717, 1.165) is 12.8 Å². The first-order chi connectivity index (χ1) is 13.3. The molecule has 6 nitrogen and oxygen atoms in total. The number of benzene rings is 1. The number of rotatable bonds is 5. The molecule has 2 heterocycles. The number of carbonyl (C=O) groups excluding carboxylic acids is 1. The van der Waals surface area contributed by atoms with Crippen molar-refractivity contribution in [3.63, 3.8) is 0 Å². The minimum absolute atomic E-state index is 0.000304. The number of aromatic nitrogens is 1. The summed E-state index contributed by atoms with van der Waals surface area (Å²) in [5.41, 5.74) is 1.18. The van der Waals surface area contributed by atoms with Crippen LogP contribution in [0, 0.1) is 17.7 Å². The van der Waals surface area contributed by atoms with Gasteiger partial charge >= 0.3 is 0 Å². The van der Waals surface area contributed by atoms with Gasteiger partial charge in [-0.15, -0.1) is 0 Å². The molecule has 8 heteroatoms. The summed E-state index contributed by atoms with van der Waals surface area (Å²) in [5, 5.41) is 3.13. The average molecular weight is 405 g/mol. The van der Waals surface area contributed by atoms with Crippen LogP contribution in [0.25, 0.3) is 0 Å². The normalized spacial score (nSPS) is 25.0. The van der Waals surface area contributed by atoms with Crippen LogP contribution in [0.15, 0.2) is 42.6 Å². The number of nitrogens with zero attached hydrogens (tertiary/aromatic N) is 2. The maximum absolute atomic E-state index is 13.1. The molecule has 1 unspecified atom stereocenters. The lowest BCUT2D eigenvalue weighted by molar-refractivity contribution is 0.0879. The van der Waals surface area contributed by atoms with E-state index < -0.39 is 10.0 Å². The van der Waals surface area contributed by atoms with Crippen LogP contribution in [-0.2, 0) is 22.8 Å². The minimum atomic E-state index is -3.48. The topological polar surface area (TPSA) is 71.4 Å². The van der Waals surface area contributed by atoms with Crippen LogP contribution < -0.4 is 5.32 Å². The van der Waals surface area contributed by atoms with Gasteiger partial charge in [0.15, 0.2) is 0 Å². The van der Waals surface area contributed by atoms with E-state index in [9.17, 15) is 17.6 Å². The zero-order valence-electron chi connectivity index (χ0n) is 15.7. The molecule has 150 valence electrons. The maximum atomic E-state index is 13.1. The van der Waals surface area contributed by atoms with E-state index in [4.69, 9.17) is 0 Å². The lowest BCUT2D eigenvalue weighted by Crippen LogP contribution is -2.54. The second-order valence-corrected chi connectivity index (χ2v) is 9.77. The monoisotopic (exact) mass is 405 g/mol. The Balaban J connectivity index is 1.43. The molecule has 2 aliphatic rings. The van der Waals surface area contributed by atoms with Crippen LogP contribution in [0.5, 0.6) is 0 Å². The van der Waals surface area contributed by atoms with Gasteiger partial charge in [-0.2, -0.15) is 0 Å². The molecule has 28 heavy (non-hydrogen) atoms. The fourth-order valence-electron chi connectivity index (χ4n) is 4.45. The lowest BCUT2D eigenvalue weighted by Gasteiger charge is -2.37. The molecule has 2 fully saturated rings. The quantitative estimate of drug-likeness (QED) is 0.829. The summed E-state index contributed by atoms with van der Waals surface area (Å²) < 4.78 is 42.1. The van der Waals surface area contributed by atoms with Crippen molar-refractivity contribution < 1.29 is 17.6 Å². The summed E-state index contributed by atoms with van der Waals surface area (Å²) in [5.74, 6) is -0.393. The number of amides is 1. The van der Waals surface area contributed by atoms with Crippen LogP contribution in [-0.4, -0.2) is 42.3 Å². The van der Waals surface area contributed by atoms with Crippen molar-refractivity contribution >= 4 is 15.9 Å². The van der Waals surface area contributed by atoms with E-state index in [-0.39, 0.29) is 35.4 Å². The Morgan fingerprint density at radius 2 is 1.79 bits per heavy atom. The van der Waals surface area contributed by atoms with Gasteiger partial charge in [0.05, 0.1) is 5.75 Å². The number of fused-ring (bicyclic) bond motifs is 2. The van der Waals surface area contributed by atoms with Crippen molar-refractivity contribution in [2.45, 2.75) is 24.6 Å². The molecule has 0 radical (unpaired) electrons. The number of halogens is 1. The Bertz CT molecular complexity index is 957. The molecule has 4 rings (SSSR count). The van der Waals surface area contributed by atoms with Crippen molar-refractivity contribution in [3.05, 3.63) is 59.7 Å². The Morgan fingerprint density at radius 3 is 2.36 bits per heavy atom. The molecule has 3 atom stereocenters. The molecule has 2 bridgehead atoms. The second kappa shape index (κ2) is 7.33. The van der Waals surface area contributed by atoms with Gasteiger partial charge in [-0.3, -0.25) is 4.79 Å². The predicted molar refractivity (Wildman–Crippen MR) is 103 cm³/mol. The van der Waals surface area contributed by atoms with E-state index in [1.165, 1.54) is 24.3 Å². The molecule has 1 aromatic heterocycles. The van der Waals surface area contributed by atoms with Gasteiger partial charge in [-0.1, -0.05) is 12.1 Å². The molecule has 1 N–H and O–H groups in total. The smallest absolute Gasteiger partial charge is 0.268 e. The fourth-order valence-corrected chi connectivity index (χ4v) is 6.08. The van der Waals surface area contributed by atoms with Crippen molar-refractivity contribution in [3.8, 4) is 0 Å². The summed E-state index contributed by atoms with van der Waals surface area (Å²) in [7, 11) is -1.66. The van der Waals surface area contributed by atoms with Gasteiger partial charge in [-0.25, -0.2) is 17.1 Å². The van der Waals surface area contributed by atoms with Gasteiger partial charge in [0.25, 0.3) is 5.91 Å². The number of nitrogens with one attached hydrogen (secondary N) is 1. The predicted octanol–water partition coefficient (Wildman–Crippen LogP) is 2.13. The van der Waals surface area contributed by atoms with Crippen LogP contribution in [0.2, 0.25) is 0 Å². The van der Waals surface area contributed by atoms with Gasteiger partial charge in [0.2, 0.25) is 10.0 Å². The molecule has 1 amide bonds. The third kappa shape index (κ3) is 3.71. The highest BCUT2D eigenvalue weighted by Crippen LogP contribution is 2.38. The lowest BCUT2D eigenvalue weighted by atomic mass is 9.93. The van der Waals surface area contributed by atoms with Gasteiger partial charge in [0, 0.05) is 32.4 Å². The van der Waals surface area contributed by atoms with Crippen molar-refractivity contribution in [2.75, 3.05) is 13.1 Å². The highest BCUT2D eigenvalue weighted by Gasteiger charge is 2.45. The van der Waals surface area contributed by atoms with Crippen molar-refractivity contribution in [1.82, 2.24) is 14.2 Å². The van der Waals surface area contributed by atoms with Gasteiger partial charge in [-0.05, 0) is 54.5 Å². The summed E-state index contributed by atoms with van der Waals surface area (Å²) in [6.45, 7) is 0.830. The molecule has 1 saturated carbocycles. The number of hydrogen-bond donors (Lipinski definition) is 1. The number of sulfonamides is 1. The first-order valence-electron chi connectivity index (χ1n) is 9.48. The highest BCUT2D eigenvalue weighted by atomic mass is 32.2. The van der Waals surface area contributed by atoms with Crippen LogP contribution >= 0.6 is 0 Å². The number of aryl methyl sites for hydroxylation is 1. The van der Waals surface area contributed by atoms with E-state index in [0.29, 0.717) is 24.3 Å². The van der Waals surface area contributed by atoms with Gasteiger partial charge in [0.1, 0.15) is 11.5 Å². The summed E-state index contributed by atoms with van der Waals surface area (Å²) in [6, 6.07) is 9.18.